The largest absolute Gasteiger partial charge is 0.349 e. The summed E-state index contributed by atoms with van der Waals surface area (Å²) in [5, 5.41) is 2.61. The van der Waals surface area contributed by atoms with Crippen LogP contribution >= 0.6 is 0 Å². The summed E-state index contributed by atoms with van der Waals surface area (Å²) in [6.45, 7) is 7.61. The molecule has 0 spiro atoms. The van der Waals surface area contributed by atoms with Crippen LogP contribution in [0.2, 0.25) is 0 Å². The SMILES string of the molecule is CCC(C)C(C)C(=O)NCC(C)=O. The van der Waals surface area contributed by atoms with Gasteiger partial charge < -0.3 is 5.32 Å². The lowest BCUT2D eigenvalue weighted by Gasteiger charge is -2.17. The van der Waals surface area contributed by atoms with Crippen molar-refractivity contribution in [2.24, 2.45) is 11.8 Å². The van der Waals surface area contributed by atoms with E-state index in [4.69, 9.17) is 0 Å². The van der Waals surface area contributed by atoms with Crippen LogP contribution in [-0.4, -0.2) is 18.2 Å². The van der Waals surface area contributed by atoms with Gasteiger partial charge in [0.1, 0.15) is 5.78 Å². The van der Waals surface area contributed by atoms with Gasteiger partial charge in [-0.1, -0.05) is 27.2 Å². The summed E-state index contributed by atoms with van der Waals surface area (Å²) in [7, 11) is 0. The molecular formula is C10H19NO2. The van der Waals surface area contributed by atoms with Gasteiger partial charge in [-0.25, -0.2) is 0 Å². The molecule has 13 heavy (non-hydrogen) atoms. The van der Waals surface area contributed by atoms with Crippen molar-refractivity contribution in [1.82, 2.24) is 5.32 Å². The molecule has 0 aliphatic rings. The first-order chi connectivity index (χ1) is 5.99. The fourth-order valence-corrected chi connectivity index (χ4v) is 0.985. The number of rotatable bonds is 5. The van der Waals surface area contributed by atoms with E-state index in [-0.39, 0.29) is 24.2 Å². The molecule has 0 bridgehead atoms. The molecule has 0 aliphatic heterocycles. The van der Waals surface area contributed by atoms with Gasteiger partial charge in [0.25, 0.3) is 0 Å². The summed E-state index contributed by atoms with van der Waals surface area (Å²) in [4.78, 5) is 22.0. The number of hydrogen-bond acceptors (Lipinski definition) is 2. The Labute approximate surface area is 79.9 Å². The maximum absolute atomic E-state index is 11.4. The molecule has 2 atom stereocenters. The van der Waals surface area contributed by atoms with Crippen molar-refractivity contribution in [2.75, 3.05) is 6.54 Å². The molecular weight excluding hydrogens is 166 g/mol. The topological polar surface area (TPSA) is 46.2 Å². The third-order valence-electron chi connectivity index (χ3n) is 2.42. The van der Waals surface area contributed by atoms with Crippen LogP contribution in [0.25, 0.3) is 0 Å². The lowest BCUT2D eigenvalue weighted by molar-refractivity contribution is -0.128. The Morgan fingerprint density at radius 2 is 1.85 bits per heavy atom. The minimum absolute atomic E-state index is 0.00954. The first-order valence-corrected chi connectivity index (χ1v) is 4.76. The second-order valence-corrected chi connectivity index (χ2v) is 3.59. The standard InChI is InChI=1S/C10H19NO2/c1-5-7(2)9(4)10(13)11-6-8(3)12/h7,9H,5-6H2,1-4H3,(H,11,13). The van der Waals surface area contributed by atoms with Crippen LogP contribution < -0.4 is 5.32 Å². The zero-order valence-corrected chi connectivity index (χ0v) is 8.89. The summed E-state index contributed by atoms with van der Waals surface area (Å²) >= 11 is 0. The third-order valence-corrected chi connectivity index (χ3v) is 2.42. The fourth-order valence-electron chi connectivity index (χ4n) is 0.985. The first-order valence-electron chi connectivity index (χ1n) is 4.76. The smallest absolute Gasteiger partial charge is 0.223 e. The summed E-state index contributed by atoms with van der Waals surface area (Å²) in [5.74, 6) is 0.325. The van der Waals surface area contributed by atoms with Crippen molar-refractivity contribution in [3.8, 4) is 0 Å². The van der Waals surface area contributed by atoms with Crippen LogP contribution in [0.5, 0.6) is 0 Å². The number of ketones is 1. The van der Waals surface area contributed by atoms with Crippen molar-refractivity contribution in [3.63, 3.8) is 0 Å². The molecule has 0 rings (SSSR count). The van der Waals surface area contributed by atoms with E-state index in [1.807, 2.05) is 13.8 Å². The highest BCUT2D eigenvalue weighted by Crippen LogP contribution is 2.13. The zero-order valence-electron chi connectivity index (χ0n) is 8.89. The molecule has 0 aromatic rings. The second-order valence-electron chi connectivity index (χ2n) is 3.59. The van der Waals surface area contributed by atoms with Crippen LogP contribution in [-0.2, 0) is 9.59 Å². The van der Waals surface area contributed by atoms with E-state index in [9.17, 15) is 9.59 Å². The van der Waals surface area contributed by atoms with Gasteiger partial charge in [0.2, 0.25) is 5.91 Å². The number of hydrogen-bond donors (Lipinski definition) is 1. The van der Waals surface area contributed by atoms with Gasteiger partial charge in [-0.2, -0.15) is 0 Å². The Kier molecular flexibility index (Phi) is 5.35. The molecule has 3 heteroatoms. The van der Waals surface area contributed by atoms with E-state index >= 15 is 0 Å². The van der Waals surface area contributed by atoms with Gasteiger partial charge in [0, 0.05) is 5.92 Å². The van der Waals surface area contributed by atoms with Gasteiger partial charge in [-0.15, -0.1) is 0 Å². The molecule has 0 aromatic heterocycles. The molecule has 2 unspecified atom stereocenters. The predicted octanol–water partition coefficient (Wildman–Crippen LogP) is 1.37. The molecule has 0 heterocycles. The monoisotopic (exact) mass is 185 g/mol. The molecule has 1 amide bonds. The highest BCUT2D eigenvalue weighted by Gasteiger charge is 2.18. The van der Waals surface area contributed by atoms with Crippen LogP contribution in [0.3, 0.4) is 0 Å². The van der Waals surface area contributed by atoms with E-state index in [0.717, 1.165) is 6.42 Å². The maximum Gasteiger partial charge on any atom is 0.223 e. The fraction of sp³-hybridized carbons (Fsp3) is 0.800. The Morgan fingerprint density at radius 1 is 1.31 bits per heavy atom. The van der Waals surface area contributed by atoms with Gasteiger partial charge in [0.05, 0.1) is 6.54 Å². The minimum atomic E-state index is -0.0236. The van der Waals surface area contributed by atoms with E-state index < -0.39 is 0 Å². The summed E-state index contributed by atoms with van der Waals surface area (Å²) in [6, 6.07) is 0. The predicted molar refractivity (Wildman–Crippen MR) is 52.3 cm³/mol. The van der Waals surface area contributed by atoms with Gasteiger partial charge >= 0.3 is 0 Å². The number of amides is 1. The zero-order chi connectivity index (χ0) is 10.4. The molecule has 3 nitrogen and oxygen atoms in total. The van der Waals surface area contributed by atoms with Crippen molar-refractivity contribution in [1.29, 1.82) is 0 Å². The number of nitrogens with one attached hydrogen (secondary N) is 1. The average molecular weight is 185 g/mol. The Bertz CT molecular complexity index is 189. The van der Waals surface area contributed by atoms with Crippen molar-refractivity contribution in [2.45, 2.75) is 34.1 Å². The first kappa shape index (κ1) is 12.1. The van der Waals surface area contributed by atoms with Crippen LogP contribution in [0.15, 0.2) is 0 Å². The van der Waals surface area contributed by atoms with Crippen LogP contribution in [0, 0.1) is 11.8 Å². The molecule has 0 radical (unpaired) electrons. The Balaban J connectivity index is 3.89. The van der Waals surface area contributed by atoms with Gasteiger partial charge in [-0.05, 0) is 12.8 Å². The molecule has 0 aliphatic carbocycles. The van der Waals surface area contributed by atoms with E-state index in [0.29, 0.717) is 5.92 Å². The number of carbonyl (C=O) groups is 2. The van der Waals surface area contributed by atoms with Crippen molar-refractivity contribution >= 4 is 11.7 Å². The number of carbonyl (C=O) groups excluding carboxylic acids is 2. The van der Waals surface area contributed by atoms with E-state index in [2.05, 4.69) is 12.2 Å². The highest BCUT2D eigenvalue weighted by atomic mass is 16.2. The van der Waals surface area contributed by atoms with Crippen LogP contribution in [0.1, 0.15) is 34.1 Å². The third kappa shape index (κ3) is 4.65. The van der Waals surface area contributed by atoms with E-state index in [1.54, 1.807) is 0 Å². The van der Waals surface area contributed by atoms with Crippen LogP contribution in [0.4, 0.5) is 0 Å². The lowest BCUT2D eigenvalue weighted by Crippen LogP contribution is -2.35. The summed E-state index contributed by atoms with van der Waals surface area (Å²) < 4.78 is 0. The molecule has 0 saturated carbocycles. The molecule has 1 N–H and O–H groups in total. The van der Waals surface area contributed by atoms with E-state index in [1.165, 1.54) is 6.92 Å². The minimum Gasteiger partial charge on any atom is -0.349 e. The maximum atomic E-state index is 11.4. The molecule has 76 valence electrons. The number of Topliss-reactive ketones (excluding diaryl/α,β-unsaturated/α-hetero) is 1. The Morgan fingerprint density at radius 3 is 2.23 bits per heavy atom. The van der Waals surface area contributed by atoms with Crippen molar-refractivity contribution < 1.29 is 9.59 Å². The van der Waals surface area contributed by atoms with Crippen molar-refractivity contribution in [3.05, 3.63) is 0 Å². The van der Waals surface area contributed by atoms with Gasteiger partial charge in [-0.3, -0.25) is 9.59 Å². The average Bonchev–Trinajstić information content (AvgIpc) is 2.11. The highest BCUT2D eigenvalue weighted by molar-refractivity contribution is 5.85. The quantitative estimate of drug-likeness (QED) is 0.703. The molecule has 0 aromatic carbocycles. The normalized spacial score (nSPS) is 14.8. The Hall–Kier alpha value is -0.860. The summed E-state index contributed by atoms with van der Waals surface area (Å²) in [6.07, 6.45) is 0.981. The lowest BCUT2D eigenvalue weighted by atomic mass is 9.93. The summed E-state index contributed by atoms with van der Waals surface area (Å²) in [5.41, 5.74) is 0. The molecule has 0 fully saturated rings. The van der Waals surface area contributed by atoms with Gasteiger partial charge in [0.15, 0.2) is 0 Å². The second kappa shape index (κ2) is 5.73. The molecule has 0 saturated heterocycles.